The maximum absolute atomic E-state index is 11.4. The molecule has 0 spiro atoms. The number of nitrogens with zero attached hydrogens (tertiary/aromatic N) is 2. The highest BCUT2D eigenvalue weighted by Gasteiger charge is 2.13. The summed E-state index contributed by atoms with van der Waals surface area (Å²) in [5.41, 5.74) is 2.42. The second-order valence-corrected chi connectivity index (χ2v) is 10.2. The van der Waals surface area contributed by atoms with Crippen LogP contribution < -0.4 is 0 Å². The fourth-order valence-electron chi connectivity index (χ4n) is 2.86. The van der Waals surface area contributed by atoms with Crippen LogP contribution >= 0.6 is 0 Å². The Morgan fingerprint density at radius 1 is 0.647 bits per heavy atom. The molecule has 34 heavy (non-hydrogen) atoms. The third-order valence-corrected chi connectivity index (χ3v) is 6.57. The summed E-state index contributed by atoms with van der Waals surface area (Å²) in [6.45, 7) is 3.67. The molecule has 0 unspecified atom stereocenters. The van der Waals surface area contributed by atoms with E-state index in [9.17, 15) is 36.2 Å². The first-order valence-corrected chi connectivity index (χ1v) is 12.4. The lowest BCUT2D eigenvalue weighted by atomic mass is 10.1. The summed E-state index contributed by atoms with van der Waals surface area (Å²) in [5.74, 6) is -0.533. The van der Waals surface area contributed by atoms with Gasteiger partial charge in [0, 0.05) is 23.6 Å². The topological polar surface area (TPSA) is 174 Å². The quantitative estimate of drug-likeness (QED) is 0.290. The molecule has 3 aromatic carbocycles. The fourth-order valence-corrected chi connectivity index (χ4v) is 3.90. The molecule has 3 aromatic rings. The van der Waals surface area contributed by atoms with Crippen molar-refractivity contribution in [3.8, 4) is 11.5 Å². The Morgan fingerprint density at radius 2 is 1.00 bits per heavy atom. The van der Waals surface area contributed by atoms with Crippen molar-refractivity contribution in [3.05, 3.63) is 70.8 Å². The van der Waals surface area contributed by atoms with E-state index in [-0.39, 0.29) is 22.6 Å². The van der Waals surface area contributed by atoms with Crippen LogP contribution in [0.25, 0.3) is 0 Å². The van der Waals surface area contributed by atoms with E-state index in [1.54, 1.807) is 12.1 Å². The van der Waals surface area contributed by atoms with Crippen molar-refractivity contribution >= 4 is 44.0 Å². The fraction of sp³-hybridized carbons (Fsp3) is 0.0909. The molecule has 178 valence electrons. The maximum Gasteiger partial charge on any atom is 0.294 e. The third kappa shape index (κ3) is 5.85. The summed E-state index contributed by atoms with van der Waals surface area (Å²) in [7, 11) is -8.97. The average Bonchev–Trinajstić information content (AvgIpc) is 2.73. The Bertz CT molecular complexity index is 1430. The van der Waals surface area contributed by atoms with E-state index >= 15 is 0 Å². The summed E-state index contributed by atoms with van der Waals surface area (Å²) in [6.07, 6.45) is 2.40. The van der Waals surface area contributed by atoms with Crippen molar-refractivity contribution in [2.24, 2.45) is 9.98 Å². The van der Waals surface area contributed by atoms with E-state index < -0.39 is 30.0 Å². The second kappa shape index (κ2) is 9.35. The lowest BCUT2D eigenvalue weighted by Crippen LogP contribution is -1.99. The molecule has 0 saturated heterocycles. The van der Waals surface area contributed by atoms with Gasteiger partial charge in [0.25, 0.3) is 20.2 Å². The largest absolute Gasteiger partial charge is 0.507 e. The zero-order valence-corrected chi connectivity index (χ0v) is 19.5. The number of phenols is 2. The number of benzene rings is 3. The number of aliphatic imine (C=N–C) groups is 2. The first-order valence-electron chi connectivity index (χ1n) is 9.56. The van der Waals surface area contributed by atoms with Gasteiger partial charge in [0.15, 0.2) is 0 Å². The molecule has 0 aliphatic carbocycles. The summed E-state index contributed by atoms with van der Waals surface area (Å²) in [6, 6.07) is 9.78. The van der Waals surface area contributed by atoms with Gasteiger partial charge in [-0.05, 0) is 73.5 Å². The number of aryl methyl sites for hydroxylation is 2. The van der Waals surface area contributed by atoms with E-state index in [4.69, 9.17) is 0 Å². The van der Waals surface area contributed by atoms with Crippen LogP contribution in [0.1, 0.15) is 22.3 Å². The minimum Gasteiger partial charge on any atom is -0.507 e. The normalized spacial score (nSPS) is 12.6. The van der Waals surface area contributed by atoms with Crippen LogP contribution in [-0.4, -0.2) is 48.6 Å². The summed E-state index contributed by atoms with van der Waals surface area (Å²) in [4.78, 5) is 7.73. The van der Waals surface area contributed by atoms with E-state index in [0.29, 0.717) is 11.4 Å². The van der Waals surface area contributed by atoms with Crippen LogP contribution in [-0.2, 0) is 20.2 Å². The van der Waals surface area contributed by atoms with E-state index in [2.05, 4.69) is 9.98 Å². The second-order valence-electron chi connectivity index (χ2n) is 7.33. The average molecular weight is 505 g/mol. The first-order chi connectivity index (χ1) is 15.8. The van der Waals surface area contributed by atoms with Gasteiger partial charge in [0.1, 0.15) is 11.5 Å². The molecule has 0 aliphatic heterocycles. The SMILES string of the molecule is Cc1cc(N=Cc2cc(S(=O)(=O)O)ccc2O)c(N=Cc2cc(S(=O)(=O)O)ccc2O)cc1C. The van der Waals surface area contributed by atoms with Crippen LogP contribution in [0.15, 0.2) is 68.3 Å². The minimum absolute atomic E-state index is 0.0294. The monoisotopic (exact) mass is 504 g/mol. The zero-order chi connectivity index (χ0) is 25.3. The lowest BCUT2D eigenvalue weighted by Gasteiger charge is -2.07. The summed E-state index contributed by atoms with van der Waals surface area (Å²) >= 11 is 0. The molecule has 0 bridgehead atoms. The summed E-state index contributed by atoms with van der Waals surface area (Å²) < 4.78 is 64.0. The number of phenolic OH excluding ortho intramolecular Hbond substituents is 2. The summed E-state index contributed by atoms with van der Waals surface area (Å²) in [5, 5.41) is 20.1. The number of aromatic hydroxyl groups is 2. The Balaban J connectivity index is 2.06. The molecule has 12 heteroatoms. The molecular formula is C22H20N2O8S2. The van der Waals surface area contributed by atoms with Crippen molar-refractivity contribution in [2.45, 2.75) is 23.6 Å². The van der Waals surface area contributed by atoms with Gasteiger partial charge in [-0.15, -0.1) is 0 Å². The Hall–Kier alpha value is -3.58. The molecule has 0 saturated carbocycles. The molecule has 0 radical (unpaired) electrons. The van der Waals surface area contributed by atoms with Crippen LogP contribution in [0.5, 0.6) is 11.5 Å². The van der Waals surface area contributed by atoms with Crippen molar-refractivity contribution in [3.63, 3.8) is 0 Å². The Kier molecular flexibility index (Phi) is 6.89. The standard InChI is InChI=1S/C22H20N2O8S2/c1-13-7-19(23-11-15-9-17(33(27,28)29)3-5-21(15)25)20(8-14(13)2)24-12-16-10-18(34(30,31)32)4-6-22(16)26/h3-12,25-26H,1-2H3,(H,27,28,29)(H,30,31,32). The van der Waals surface area contributed by atoms with Gasteiger partial charge in [-0.3, -0.25) is 19.1 Å². The lowest BCUT2D eigenvalue weighted by molar-refractivity contribution is 0.470. The number of rotatable bonds is 6. The van der Waals surface area contributed by atoms with Crippen molar-refractivity contribution in [2.75, 3.05) is 0 Å². The molecule has 0 amide bonds. The molecule has 10 nitrogen and oxygen atoms in total. The highest BCUT2D eigenvalue weighted by molar-refractivity contribution is 7.86. The molecular weight excluding hydrogens is 484 g/mol. The van der Waals surface area contributed by atoms with E-state index in [0.717, 1.165) is 47.5 Å². The number of hydrogen-bond donors (Lipinski definition) is 4. The molecule has 0 heterocycles. The number of hydrogen-bond acceptors (Lipinski definition) is 8. The van der Waals surface area contributed by atoms with Crippen LogP contribution in [0.4, 0.5) is 11.4 Å². The van der Waals surface area contributed by atoms with Gasteiger partial charge >= 0.3 is 0 Å². The van der Waals surface area contributed by atoms with Crippen molar-refractivity contribution < 1.29 is 36.2 Å². The van der Waals surface area contributed by atoms with Gasteiger partial charge in [-0.25, -0.2) is 0 Å². The Labute approximate surface area is 196 Å². The Morgan fingerprint density at radius 3 is 1.32 bits per heavy atom. The van der Waals surface area contributed by atoms with Gasteiger partial charge in [-0.1, -0.05) is 0 Å². The van der Waals surface area contributed by atoms with E-state index in [1.807, 2.05) is 13.8 Å². The minimum atomic E-state index is -4.48. The molecule has 0 aromatic heterocycles. The van der Waals surface area contributed by atoms with Gasteiger partial charge in [0.05, 0.1) is 21.2 Å². The van der Waals surface area contributed by atoms with Crippen molar-refractivity contribution in [1.82, 2.24) is 0 Å². The smallest absolute Gasteiger partial charge is 0.294 e. The van der Waals surface area contributed by atoms with Gasteiger partial charge in [-0.2, -0.15) is 16.8 Å². The molecule has 0 atom stereocenters. The third-order valence-electron chi connectivity index (χ3n) is 4.87. The highest BCUT2D eigenvalue weighted by Crippen LogP contribution is 2.32. The molecule has 3 rings (SSSR count). The predicted molar refractivity (Wildman–Crippen MR) is 126 cm³/mol. The maximum atomic E-state index is 11.4. The van der Waals surface area contributed by atoms with Crippen LogP contribution in [0, 0.1) is 13.8 Å². The predicted octanol–water partition coefficient (Wildman–Crippen LogP) is 3.71. The van der Waals surface area contributed by atoms with Crippen LogP contribution in [0.2, 0.25) is 0 Å². The van der Waals surface area contributed by atoms with Crippen molar-refractivity contribution in [1.29, 1.82) is 0 Å². The molecule has 0 aliphatic rings. The van der Waals surface area contributed by atoms with Gasteiger partial charge < -0.3 is 10.2 Å². The highest BCUT2D eigenvalue weighted by atomic mass is 32.2. The van der Waals surface area contributed by atoms with E-state index in [1.165, 1.54) is 12.4 Å². The zero-order valence-electron chi connectivity index (χ0n) is 17.9. The van der Waals surface area contributed by atoms with Gasteiger partial charge in [0.2, 0.25) is 0 Å². The van der Waals surface area contributed by atoms with Crippen LogP contribution in [0.3, 0.4) is 0 Å². The molecule has 0 fully saturated rings. The first kappa shape index (κ1) is 25.1. The molecule has 4 N–H and O–H groups in total.